The van der Waals surface area contributed by atoms with Gasteiger partial charge in [-0.25, -0.2) is 14.4 Å². The Morgan fingerprint density at radius 2 is 1.65 bits per heavy atom. The van der Waals surface area contributed by atoms with Crippen LogP contribution in [-0.2, 0) is 0 Å². The van der Waals surface area contributed by atoms with Crippen molar-refractivity contribution in [3.8, 4) is 11.3 Å². The molecule has 17 heavy (non-hydrogen) atoms. The maximum atomic E-state index is 13.2. The van der Waals surface area contributed by atoms with E-state index in [4.69, 9.17) is 23.2 Å². The molecule has 2 nitrogen and oxygen atoms in total. The van der Waals surface area contributed by atoms with E-state index >= 15 is 0 Å². The highest BCUT2D eigenvalue weighted by Gasteiger charge is 2.11. The van der Waals surface area contributed by atoms with Gasteiger partial charge in [-0.2, -0.15) is 0 Å². The van der Waals surface area contributed by atoms with Gasteiger partial charge in [-0.3, -0.25) is 0 Å². The minimum atomic E-state index is -0.427. The van der Waals surface area contributed by atoms with Gasteiger partial charge in [0.05, 0.1) is 11.4 Å². The van der Waals surface area contributed by atoms with Gasteiger partial charge in [-0.15, -0.1) is 0 Å². The van der Waals surface area contributed by atoms with Gasteiger partial charge in [0.25, 0.3) is 0 Å². The van der Waals surface area contributed by atoms with Crippen molar-refractivity contribution in [1.82, 2.24) is 9.97 Å². The second kappa shape index (κ2) is 4.59. The molecule has 1 aromatic carbocycles. The van der Waals surface area contributed by atoms with Crippen LogP contribution in [0.25, 0.3) is 11.3 Å². The van der Waals surface area contributed by atoms with Crippen LogP contribution in [0.4, 0.5) is 4.39 Å². The summed E-state index contributed by atoms with van der Waals surface area (Å²) in [5.74, 6) is -0.427. The molecule has 2 aromatic rings. The fraction of sp³-hybridized carbons (Fsp3) is 0.167. The Labute approximate surface area is 108 Å². The molecule has 88 valence electrons. The maximum absolute atomic E-state index is 13.2. The van der Waals surface area contributed by atoms with E-state index in [0.29, 0.717) is 16.3 Å². The Kier molecular flexibility index (Phi) is 3.31. The summed E-state index contributed by atoms with van der Waals surface area (Å²) in [6.45, 7) is 3.64. The summed E-state index contributed by atoms with van der Waals surface area (Å²) in [7, 11) is 0. The Balaban J connectivity index is 2.64. The number of rotatable bonds is 1. The van der Waals surface area contributed by atoms with Gasteiger partial charge in [0.15, 0.2) is 5.15 Å². The molecule has 1 heterocycles. The van der Waals surface area contributed by atoms with Crippen LogP contribution in [0.1, 0.15) is 11.4 Å². The first-order chi connectivity index (χ1) is 7.97. The molecular weight excluding hydrogens is 262 g/mol. The number of hydrogen-bond donors (Lipinski definition) is 0. The lowest BCUT2D eigenvalue weighted by Gasteiger charge is -2.07. The van der Waals surface area contributed by atoms with Crippen molar-refractivity contribution in [3.63, 3.8) is 0 Å². The zero-order valence-electron chi connectivity index (χ0n) is 9.26. The smallest absolute Gasteiger partial charge is 0.155 e. The molecule has 0 aliphatic heterocycles. The summed E-state index contributed by atoms with van der Waals surface area (Å²) >= 11 is 11.8. The third-order valence-corrected chi connectivity index (χ3v) is 2.88. The van der Waals surface area contributed by atoms with Crippen molar-refractivity contribution >= 4 is 23.2 Å². The maximum Gasteiger partial charge on any atom is 0.155 e. The molecule has 0 aliphatic rings. The zero-order chi connectivity index (χ0) is 12.6. The summed E-state index contributed by atoms with van der Waals surface area (Å²) in [6.07, 6.45) is 0. The third-order valence-electron chi connectivity index (χ3n) is 2.40. The van der Waals surface area contributed by atoms with E-state index in [1.807, 2.05) is 13.8 Å². The van der Waals surface area contributed by atoms with Crippen molar-refractivity contribution in [1.29, 1.82) is 0 Å². The van der Waals surface area contributed by atoms with E-state index in [-0.39, 0.29) is 5.15 Å². The van der Waals surface area contributed by atoms with Crippen molar-refractivity contribution in [3.05, 3.63) is 45.6 Å². The highest BCUT2D eigenvalue weighted by molar-refractivity contribution is 6.32. The molecule has 0 saturated carbocycles. The Bertz CT molecular complexity index is 565. The fourth-order valence-electron chi connectivity index (χ4n) is 1.45. The van der Waals surface area contributed by atoms with Gasteiger partial charge < -0.3 is 0 Å². The molecule has 2 rings (SSSR count). The van der Waals surface area contributed by atoms with Crippen LogP contribution >= 0.6 is 23.2 Å². The minimum Gasteiger partial charge on any atom is -0.248 e. The third kappa shape index (κ3) is 2.56. The van der Waals surface area contributed by atoms with E-state index in [1.165, 1.54) is 12.1 Å². The van der Waals surface area contributed by atoms with E-state index < -0.39 is 5.82 Å². The van der Waals surface area contributed by atoms with Crippen LogP contribution < -0.4 is 0 Å². The molecule has 0 fully saturated rings. The largest absolute Gasteiger partial charge is 0.248 e. The summed E-state index contributed by atoms with van der Waals surface area (Å²) in [5, 5.41) is 0.547. The molecular formula is C12H9Cl2FN2. The van der Waals surface area contributed by atoms with E-state index in [9.17, 15) is 4.39 Å². The van der Waals surface area contributed by atoms with Crippen LogP contribution in [0.5, 0.6) is 0 Å². The van der Waals surface area contributed by atoms with E-state index in [1.54, 1.807) is 6.07 Å². The molecule has 0 unspecified atom stereocenters. The van der Waals surface area contributed by atoms with Gasteiger partial charge in [0.1, 0.15) is 11.5 Å². The van der Waals surface area contributed by atoms with Crippen LogP contribution in [0.2, 0.25) is 10.2 Å². The van der Waals surface area contributed by atoms with Crippen molar-refractivity contribution in [2.45, 2.75) is 13.8 Å². The van der Waals surface area contributed by atoms with Crippen molar-refractivity contribution < 1.29 is 4.39 Å². The van der Waals surface area contributed by atoms with Crippen molar-refractivity contribution in [2.75, 3.05) is 0 Å². The average Bonchev–Trinajstić information content (AvgIpc) is 2.22. The highest BCUT2D eigenvalue weighted by atomic mass is 35.5. The van der Waals surface area contributed by atoms with Crippen LogP contribution in [0, 0.1) is 19.7 Å². The minimum absolute atomic E-state index is 0.245. The summed E-state index contributed by atoms with van der Waals surface area (Å²) < 4.78 is 13.2. The Morgan fingerprint density at radius 1 is 1.00 bits per heavy atom. The predicted octanol–water partition coefficient (Wildman–Crippen LogP) is 4.21. The monoisotopic (exact) mass is 270 g/mol. The number of aromatic nitrogens is 2. The van der Waals surface area contributed by atoms with Crippen LogP contribution in [0.15, 0.2) is 18.2 Å². The number of hydrogen-bond acceptors (Lipinski definition) is 2. The van der Waals surface area contributed by atoms with Gasteiger partial charge in [-0.05, 0) is 32.0 Å². The number of halogens is 3. The summed E-state index contributed by atoms with van der Waals surface area (Å²) in [4.78, 5) is 8.45. The fourth-order valence-corrected chi connectivity index (χ4v) is 1.95. The lowest BCUT2D eigenvalue weighted by atomic mass is 10.1. The number of nitrogens with zero attached hydrogens (tertiary/aromatic N) is 2. The first kappa shape index (κ1) is 12.3. The molecule has 0 spiro atoms. The van der Waals surface area contributed by atoms with Gasteiger partial charge in [0.2, 0.25) is 0 Å². The number of aryl methyl sites for hydroxylation is 2. The molecule has 5 heteroatoms. The first-order valence-electron chi connectivity index (χ1n) is 4.94. The summed E-state index contributed by atoms with van der Waals surface area (Å²) in [5.41, 5.74) is 2.47. The van der Waals surface area contributed by atoms with Crippen LogP contribution in [0.3, 0.4) is 0 Å². The topological polar surface area (TPSA) is 25.8 Å². The second-order valence-electron chi connectivity index (χ2n) is 3.69. The highest BCUT2D eigenvalue weighted by Crippen LogP contribution is 2.28. The summed E-state index contributed by atoms with van der Waals surface area (Å²) in [6, 6.07) is 4.17. The molecule has 0 radical (unpaired) electrons. The molecule has 0 saturated heterocycles. The van der Waals surface area contributed by atoms with Crippen LogP contribution in [-0.4, -0.2) is 9.97 Å². The standard InChI is InChI=1S/C12H9Cl2FN2/c1-6-7(2)17-12(14)11(16-6)8-3-9(13)5-10(15)4-8/h3-5H,1-2H3. The number of benzene rings is 1. The molecule has 0 atom stereocenters. The quantitative estimate of drug-likeness (QED) is 0.776. The predicted molar refractivity (Wildman–Crippen MR) is 66.9 cm³/mol. The normalized spacial score (nSPS) is 10.6. The molecule has 0 aliphatic carbocycles. The molecule has 0 bridgehead atoms. The zero-order valence-corrected chi connectivity index (χ0v) is 10.8. The van der Waals surface area contributed by atoms with Gasteiger partial charge in [0, 0.05) is 10.6 Å². The Hall–Kier alpha value is -1.19. The Morgan fingerprint density at radius 3 is 2.29 bits per heavy atom. The lowest BCUT2D eigenvalue weighted by Crippen LogP contribution is -1.96. The second-order valence-corrected chi connectivity index (χ2v) is 4.49. The lowest BCUT2D eigenvalue weighted by molar-refractivity contribution is 0.628. The molecule has 1 aromatic heterocycles. The van der Waals surface area contributed by atoms with E-state index in [0.717, 1.165) is 11.4 Å². The first-order valence-corrected chi connectivity index (χ1v) is 5.70. The average molecular weight is 271 g/mol. The molecule has 0 N–H and O–H groups in total. The van der Waals surface area contributed by atoms with Gasteiger partial charge in [-0.1, -0.05) is 23.2 Å². The van der Waals surface area contributed by atoms with Crippen molar-refractivity contribution in [2.24, 2.45) is 0 Å². The van der Waals surface area contributed by atoms with E-state index in [2.05, 4.69) is 9.97 Å². The molecule has 0 amide bonds. The van der Waals surface area contributed by atoms with Gasteiger partial charge >= 0.3 is 0 Å². The SMILES string of the molecule is Cc1nc(Cl)c(-c2cc(F)cc(Cl)c2)nc1C.